The van der Waals surface area contributed by atoms with E-state index in [0.717, 1.165) is 5.56 Å². The number of esters is 1. The lowest BCUT2D eigenvalue weighted by Gasteiger charge is -2.50. The SMILES string of the molecule is COC(=O)[C@H](CCCNC(=O)OC1CC(C)(C)N(O)C(C)(C)C1)NC(O)[C@@H](NC(=O)[C@@H]1CCCN1C(=O)[C@H](/C=C/[C@H](CC(C)C)NC(=O)OC(C)(C)C)Cc1ccccc1)C(C)C. The Labute approximate surface area is 375 Å². The van der Waals surface area contributed by atoms with Crippen LogP contribution in [0.25, 0.3) is 0 Å². The van der Waals surface area contributed by atoms with Gasteiger partial charge in [0.1, 0.15) is 30.0 Å². The Morgan fingerprint density at radius 2 is 1.57 bits per heavy atom. The topological polar surface area (TPSA) is 208 Å². The molecule has 6 atom stereocenters. The molecule has 0 aromatic heterocycles. The van der Waals surface area contributed by atoms with Gasteiger partial charge in [-0.15, -0.1) is 0 Å². The first-order valence-electron chi connectivity index (χ1n) is 22.6. The second-order valence-corrected chi connectivity index (χ2v) is 20.2. The molecule has 2 aliphatic heterocycles. The van der Waals surface area contributed by atoms with E-state index >= 15 is 0 Å². The maximum atomic E-state index is 14.5. The summed E-state index contributed by atoms with van der Waals surface area (Å²) in [6.45, 7) is 21.3. The minimum absolute atomic E-state index is 0.185. The first kappa shape index (κ1) is 53.1. The van der Waals surface area contributed by atoms with Crippen molar-refractivity contribution >= 4 is 30.0 Å². The fourth-order valence-corrected chi connectivity index (χ4v) is 8.59. The number of likely N-dealkylation sites (tertiary alicyclic amines) is 1. The van der Waals surface area contributed by atoms with Crippen LogP contribution in [0.5, 0.6) is 0 Å². The third-order valence-electron chi connectivity index (χ3n) is 11.5. The number of methoxy groups -OCH3 is 1. The fourth-order valence-electron chi connectivity index (χ4n) is 8.59. The van der Waals surface area contributed by atoms with Crippen LogP contribution in [0.2, 0.25) is 0 Å². The number of aliphatic hydroxyl groups is 1. The van der Waals surface area contributed by atoms with Crippen LogP contribution in [0, 0.1) is 17.8 Å². The Hall–Kier alpha value is -4.25. The highest BCUT2D eigenvalue weighted by Gasteiger charge is 2.46. The summed E-state index contributed by atoms with van der Waals surface area (Å²) in [5.41, 5.74) is -0.901. The summed E-state index contributed by atoms with van der Waals surface area (Å²) in [5, 5.41) is 34.9. The van der Waals surface area contributed by atoms with Gasteiger partial charge >= 0.3 is 18.2 Å². The number of nitrogens with zero attached hydrogens (tertiary/aromatic N) is 2. The van der Waals surface area contributed by atoms with Gasteiger partial charge in [0.25, 0.3) is 0 Å². The van der Waals surface area contributed by atoms with Crippen molar-refractivity contribution in [3.63, 3.8) is 0 Å². The Balaban J connectivity index is 1.68. The van der Waals surface area contributed by atoms with Crippen LogP contribution in [0.15, 0.2) is 42.5 Å². The second kappa shape index (κ2) is 23.6. The average molecular weight is 887 g/mol. The average Bonchev–Trinajstić information content (AvgIpc) is 3.67. The molecule has 6 N–H and O–H groups in total. The summed E-state index contributed by atoms with van der Waals surface area (Å²) >= 11 is 0. The zero-order chi connectivity index (χ0) is 47.3. The van der Waals surface area contributed by atoms with E-state index in [2.05, 4.69) is 35.1 Å². The lowest BCUT2D eigenvalue weighted by Crippen LogP contribution is -2.61. The predicted octanol–water partition coefficient (Wildman–Crippen LogP) is 5.84. The molecule has 2 fully saturated rings. The molecule has 16 heteroatoms. The van der Waals surface area contributed by atoms with E-state index in [4.69, 9.17) is 14.2 Å². The molecule has 2 heterocycles. The summed E-state index contributed by atoms with van der Waals surface area (Å²) in [6.07, 6.45) is 4.25. The van der Waals surface area contributed by atoms with Crippen molar-refractivity contribution in [2.45, 2.75) is 181 Å². The zero-order valence-electron chi connectivity index (χ0n) is 39.9. The molecule has 2 saturated heterocycles. The van der Waals surface area contributed by atoms with E-state index in [1.54, 1.807) is 25.7 Å². The van der Waals surface area contributed by atoms with Gasteiger partial charge in [0.15, 0.2) is 0 Å². The highest BCUT2D eigenvalue weighted by Crippen LogP contribution is 2.38. The Morgan fingerprint density at radius 1 is 0.937 bits per heavy atom. The van der Waals surface area contributed by atoms with Gasteiger partial charge in [-0.1, -0.05) is 70.2 Å². The number of carbonyl (C=O) groups is 5. The highest BCUT2D eigenvalue weighted by molar-refractivity contribution is 5.90. The maximum absolute atomic E-state index is 14.5. The molecule has 0 saturated carbocycles. The normalized spacial score (nSPS) is 20.4. The molecular formula is C47H78N6O10. The van der Waals surface area contributed by atoms with Gasteiger partial charge in [0, 0.05) is 37.0 Å². The Bertz CT molecular complexity index is 1660. The molecule has 0 bridgehead atoms. The Kier molecular flexibility index (Phi) is 19.9. The number of hydrogen-bond acceptors (Lipinski definition) is 12. The molecule has 0 spiro atoms. The van der Waals surface area contributed by atoms with Crippen molar-refractivity contribution in [1.29, 1.82) is 0 Å². The van der Waals surface area contributed by atoms with Crippen molar-refractivity contribution < 1.29 is 48.5 Å². The van der Waals surface area contributed by atoms with Gasteiger partial charge in [0.2, 0.25) is 11.8 Å². The summed E-state index contributed by atoms with van der Waals surface area (Å²) in [4.78, 5) is 68.5. The van der Waals surface area contributed by atoms with E-state index in [9.17, 15) is 34.3 Å². The number of ether oxygens (including phenoxy) is 3. The monoisotopic (exact) mass is 887 g/mol. The summed E-state index contributed by atoms with van der Waals surface area (Å²) < 4.78 is 16.2. The quantitative estimate of drug-likeness (QED) is 0.0300. The summed E-state index contributed by atoms with van der Waals surface area (Å²) in [5.74, 6) is -1.94. The van der Waals surface area contributed by atoms with E-state index < -0.39 is 83.2 Å². The smallest absolute Gasteiger partial charge is 0.408 e. The standard InChI is InChI=1S/C47H78N6O10/c1-30(2)26-34(49-44(59)63-45(5,6)7)23-22-33(27-32-18-14-13-15-19-32)41(56)52-25-17-21-37(52)39(54)51-38(31(3)4)40(55)50-36(42(57)61-12)20-16-24-48-43(58)62-35-28-46(8,9)53(60)47(10,11)29-35/h13-15,18-19,22-23,30-31,33-38,40,50,55,60H,16-17,20-21,24-29H2,1-12H3,(H,48,58)(H,49,59)(H,51,54)/b23-22+/t33-,34-,36+,37+,38+,40?/m1/s1. The lowest BCUT2D eigenvalue weighted by atomic mass is 9.80. The van der Waals surface area contributed by atoms with E-state index in [-0.39, 0.29) is 30.7 Å². The first-order valence-corrected chi connectivity index (χ1v) is 22.6. The van der Waals surface area contributed by atoms with Crippen LogP contribution in [0.3, 0.4) is 0 Å². The van der Waals surface area contributed by atoms with Crippen molar-refractivity contribution in [1.82, 2.24) is 31.2 Å². The van der Waals surface area contributed by atoms with Gasteiger partial charge in [0.05, 0.1) is 25.1 Å². The van der Waals surface area contributed by atoms with Crippen molar-refractivity contribution in [3.8, 4) is 0 Å². The molecular weight excluding hydrogens is 809 g/mol. The van der Waals surface area contributed by atoms with Crippen LogP contribution in [-0.2, 0) is 35.0 Å². The van der Waals surface area contributed by atoms with E-state index in [0.29, 0.717) is 51.5 Å². The molecule has 16 nitrogen and oxygen atoms in total. The number of benzene rings is 1. The minimum atomic E-state index is -1.37. The molecule has 3 rings (SSSR count). The van der Waals surface area contributed by atoms with Crippen LogP contribution in [0.4, 0.5) is 9.59 Å². The second-order valence-electron chi connectivity index (χ2n) is 20.2. The van der Waals surface area contributed by atoms with Gasteiger partial charge in [-0.2, -0.15) is 5.06 Å². The molecule has 2 aliphatic rings. The van der Waals surface area contributed by atoms with Gasteiger partial charge in [-0.3, -0.25) is 19.7 Å². The van der Waals surface area contributed by atoms with Crippen LogP contribution in [0.1, 0.15) is 127 Å². The van der Waals surface area contributed by atoms with Gasteiger partial charge in [-0.25, -0.2) is 9.59 Å². The van der Waals surface area contributed by atoms with Gasteiger partial charge < -0.3 is 45.4 Å². The first-order chi connectivity index (χ1) is 29.3. The number of rotatable bonds is 20. The molecule has 1 unspecified atom stereocenters. The lowest BCUT2D eigenvalue weighted by molar-refractivity contribution is -0.256. The molecule has 0 radical (unpaired) electrons. The Morgan fingerprint density at radius 3 is 2.14 bits per heavy atom. The zero-order valence-corrected chi connectivity index (χ0v) is 39.9. The molecule has 4 amide bonds. The number of carbonyl (C=O) groups excluding carboxylic acids is 5. The van der Waals surface area contributed by atoms with Crippen LogP contribution < -0.4 is 21.3 Å². The fraction of sp³-hybridized carbons (Fsp3) is 0.723. The van der Waals surface area contributed by atoms with E-state index in [1.165, 1.54) is 12.2 Å². The molecule has 356 valence electrons. The third-order valence-corrected chi connectivity index (χ3v) is 11.5. The number of piperidine rings is 1. The van der Waals surface area contributed by atoms with Crippen molar-refractivity contribution in [3.05, 3.63) is 48.0 Å². The molecule has 1 aromatic rings. The highest BCUT2D eigenvalue weighted by atomic mass is 16.6. The number of hydroxylamine groups is 2. The summed E-state index contributed by atoms with van der Waals surface area (Å²) in [7, 11) is 1.25. The number of aliphatic hydroxyl groups excluding tert-OH is 1. The van der Waals surface area contributed by atoms with Crippen molar-refractivity contribution in [2.24, 2.45) is 17.8 Å². The molecule has 0 aliphatic carbocycles. The van der Waals surface area contributed by atoms with Crippen LogP contribution in [-0.4, -0.2) is 124 Å². The van der Waals surface area contributed by atoms with Gasteiger partial charge in [-0.05, 0) is 104 Å². The predicted molar refractivity (Wildman–Crippen MR) is 240 cm³/mol. The summed E-state index contributed by atoms with van der Waals surface area (Å²) in [6, 6.07) is 6.64. The molecule has 1 aromatic carbocycles. The minimum Gasteiger partial charge on any atom is -0.468 e. The van der Waals surface area contributed by atoms with E-state index in [1.807, 2.05) is 84.0 Å². The molecule has 63 heavy (non-hydrogen) atoms. The largest absolute Gasteiger partial charge is 0.468 e. The number of nitrogens with one attached hydrogen (secondary N) is 4. The number of amides is 4. The van der Waals surface area contributed by atoms with Crippen LogP contribution >= 0.6 is 0 Å². The number of hydrogen-bond donors (Lipinski definition) is 6. The maximum Gasteiger partial charge on any atom is 0.408 e. The third kappa shape index (κ3) is 17.0. The number of alkyl carbamates (subject to hydrolysis) is 2. The van der Waals surface area contributed by atoms with Crippen molar-refractivity contribution in [2.75, 3.05) is 20.2 Å².